The molecule has 2 N–H and O–H groups in total. The third-order valence-electron chi connectivity index (χ3n) is 3.69. The van der Waals surface area contributed by atoms with Crippen molar-refractivity contribution in [1.82, 2.24) is 15.6 Å². The molecular formula is C14H17N3O4S. The summed E-state index contributed by atoms with van der Waals surface area (Å²) >= 11 is 0. The zero-order chi connectivity index (χ0) is 15.7. The summed E-state index contributed by atoms with van der Waals surface area (Å²) in [5, 5.41) is 5.47. The van der Waals surface area contributed by atoms with E-state index in [9.17, 15) is 18.0 Å². The van der Waals surface area contributed by atoms with E-state index in [1.807, 2.05) is 0 Å². The number of nitrogens with zero attached hydrogens (tertiary/aromatic N) is 1. The molecule has 8 heteroatoms. The molecule has 1 aliphatic carbocycles. The fourth-order valence-corrected chi connectivity index (χ4v) is 4.02. The first kappa shape index (κ1) is 15.0. The van der Waals surface area contributed by atoms with Gasteiger partial charge in [0, 0.05) is 12.1 Å². The molecule has 1 atom stereocenters. The molecule has 22 heavy (non-hydrogen) atoms. The molecular weight excluding hydrogens is 306 g/mol. The predicted octanol–water partition coefficient (Wildman–Crippen LogP) is -0.109. The SMILES string of the molecule is O=C(NC1CC1)c1cccc(C(=O)NC2CCS(=O)(=O)C2)n1. The van der Waals surface area contributed by atoms with E-state index >= 15 is 0 Å². The Kier molecular flexibility index (Phi) is 3.86. The second-order valence-corrected chi connectivity index (χ2v) is 7.96. The van der Waals surface area contributed by atoms with Crippen LogP contribution < -0.4 is 10.6 Å². The van der Waals surface area contributed by atoms with E-state index < -0.39 is 15.7 Å². The summed E-state index contributed by atoms with van der Waals surface area (Å²) in [5.74, 6) is -0.695. The van der Waals surface area contributed by atoms with E-state index in [-0.39, 0.29) is 40.9 Å². The van der Waals surface area contributed by atoms with Crippen molar-refractivity contribution in [2.75, 3.05) is 11.5 Å². The number of carbonyl (C=O) groups excluding carboxylic acids is 2. The molecule has 1 unspecified atom stereocenters. The summed E-state index contributed by atoms with van der Waals surface area (Å²) in [7, 11) is -3.05. The number of amides is 2. The van der Waals surface area contributed by atoms with Gasteiger partial charge in [-0.25, -0.2) is 13.4 Å². The van der Waals surface area contributed by atoms with Gasteiger partial charge in [-0.15, -0.1) is 0 Å². The second kappa shape index (κ2) is 5.68. The molecule has 2 heterocycles. The van der Waals surface area contributed by atoms with Crippen molar-refractivity contribution >= 4 is 21.7 Å². The number of hydrogen-bond donors (Lipinski definition) is 2. The highest BCUT2D eigenvalue weighted by Gasteiger charge is 2.29. The zero-order valence-corrected chi connectivity index (χ0v) is 12.7. The van der Waals surface area contributed by atoms with Gasteiger partial charge >= 0.3 is 0 Å². The highest BCUT2D eigenvalue weighted by Crippen LogP contribution is 2.19. The van der Waals surface area contributed by atoms with Crippen molar-refractivity contribution in [3.05, 3.63) is 29.6 Å². The highest BCUT2D eigenvalue weighted by molar-refractivity contribution is 7.91. The van der Waals surface area contributed by atoms with Crippen LogP contribution in [-0.2, 0) is 9.84 Å². The maximum atomic E-state index is 12.1. The average molecular weight is 323 g/mol. The Morgan fingerprint density at radius 2 is 1.59 bits per heavy atom. The van der Waals surface area contributed by atoms with Crippen LogP contribution in [0.4, 0.5) is 0 Å². The van der Waals surface area contributed by atoms with Gasteiger partial charge in [0.2, 0.25) is 0 Å². The summed E-state index contributed by atoms with van der Waals surface area (Å²) in [6, 6.07) is 4.48. The summed E-state index contributed by atoms with van der Waals surface area (Å²) in [5.41, 5.74) is 0.311. The van der Waals surface area contributed by atoms with Crippen LogP contribution in [0.25, 0.3) is 0 Å². The number of carbonyl (C=O) groups is 2. The molecule has 1 aromatic rings. The Morgan fingerprint density at radius 3 is 2.09 bits per heavy atom. The van der Waals surface area contributed by atoms with Crippen LogP contribution in [0.15, 0.2) is 18.2 Å². The van der Waals surface area contributed by atoms with Gasteiger partial charge in [0.05, 0.1) is 11.5 Å². The molecule has 118 valence electrons. The minimum absolute atomic E-state index is 0.0411. The molecule has 7 nitrogen and oxygen atoms in total. The molecule has 2 amide bonds. The largest absolute Gasteiger partial charge is 0.348 e. The van der Waals surface area contributed by atoms with Crippen LogP contribution in [0, 0.1) is 0 Å². The average Bonchev–Trinajstić information content (AvgIpc) is 3.22. The fourth-order valence-electron chi connectivity index (χ4n) is 2.34. The number of hydrogen-bond acceptors (Lipinski definition) is 5. The van der Waals surface area contributed by atoms with Crippen molar-refractivity contribution in [3.63, 3.8) is 0 Å². The highest BCUT2D eigenvalue weighted by atomic mass is 32.2. The van der Waals surface area contributed by atoms with E-state index in [0.29, 0.717) is 6.42 Å². The third kappa shape index (κ3) is 3.62. The van der Waals surface area contributed by atoms with Gasteiger partial charge in [0.1, 0.15) is 11.4 Å². The van der Waals surface area contributed by atoms with E-state index in [0.717, 1.165) is 12.8 Å². The quantitative estimate of drug-likeness (QED) is 0.804. The molecule has 2 fully saturated rings. The van der Waals surface area contributed by atoms with Crippen LogP contribution in [0.5, 0.6) is 0 Å². The molecule has 0 radical (unpaired) electrons. The monoisotopic (exact) mass is 323 g/mol. The lowest BCUT2D eigenvalue weighted by atomic mass is 10.2. The first-order valence-electron chi connectivity index (χ1n) is 7.22. The first-order valence-corrected chi connectivity index (χ1v) is 9.04. The summed E-state index contributed by atoms with van der Waals surface area (Å²) in [6.07, 6.45) is 2.36. The molecule has 0 spiro atoms. The van der Waals surface area contributed by atoms with Gasteiger partial charge in [-0.1, -0.05) is 6.07 Å². The first-order chi connectivity index (χ1) is 10.4. The Morgan fingerprint density at radius 1 is 1.00 bits per heavy atom. The van der Waals surface area contributed by atoms with E-state index in [4.69, 9.17) is 0 Å². The van der Waals surface area contributed by atoms with Gasteiger partial charge in [0.25, 0.3) is 11.8 Å². The normalized spacial score (nSPS) is 23.0. The van der Waals surface area contributed by atoms with Crippen molar-refractivity contribution < 1.29 is 18.0 Å². The maximum Gasteiger partial charge on any atom is 0.270 e. The van der Waals surface area contributed by atoms with Gasteiger partial charge < -0.3 is 10.6 Å². The Hall–Kier alpha value is -1.96. The summed E-state index contributed by atoms with van der Waals surface area (Å²) < 4.78 is 22.8. The molecule has 1 aromatic heterocycles. The third-order valence-corrected chi connectivity index (χ3v) is 5.46. The molecule has 0 aromatic carbocycles. The Labute approximate surface area is 128 Å². The van der Waals surface area contributed by atoms with Crippen LogP contribution in [0.1, 0.15) is 40.2 Å². The molecule has 0 bridgehead atoms. The van der Waals surface area contributed by atoms with Crippen molar-refractivity contribution in [3.8, 4) is 0 Å². The van der Waals surface area contributed by atoms with Gasteiger partial charge in [-0.3, -0.25) is 9.59 Å². The van der Waals surface area contributed by atoms with Gasteiger partial charge in [0.15, 0.2) is 9.84 Å². The van der Waals surface area contributed by atoms with E-state index in [1.54, 1.807) is 12.1 Å². The number of nitrogens with one attached hydrogen (secondary N) is 2. The lowest BCUT2D eigenvalue weighted by molar-refractivity contribution is 0.0934. The number of sulfone groups is 1. The molecule has 1 saturated carbocycles. The van der Waals surface area contributed by atoms with E-state index in [1.165, 1.54) is 6.07 Å². The summed E-state index contributed by atoms with van der Waals surface area (Å²) in [6.45, 7) is 0. The number of pyridine rings is 1. The minimum atomic E-state index is -3.05. The lowest BCUT2D eigenvalue weighted by Gasteiger charge is -2.11. The Balaban J connectivity index is 1.66. The molecule has 1 aliphatic heterocycles. The van der Waals surface area contributed by atoms with Gasteiger partial charge in [-0.05, 0) is 31.4 Å². The smallest absolute Gasteiger partial charge is 0.270 e. The van der Waals surface area contributed by atoms with E-state index in [2.05, 4.69) is 15.6 Å². The predicted molar refractivity (Wildman–Crippen MR) is 79.3 cm³/mol. The molecule has 3 rings (SSSR count). The van der Waals surface area contributed by atoms with Crippen LogP contribution in [0.2, 0.25) is 0 Å². The standard InChI is InChI=1S/C14H17N3O4S/c18-13(15-9-4-5-9)11-2-1-3-12(17-11)14(19)16-10-6-7-22(20,21)8-10/h1-3,9-10H,4-8H2,(H,15,18)(H,16,19). The minimum Gasteiger partial charge on any atom is -0.348 e. The number of aromatic nitrogens is 1. The van der Waals surface area contributed by atoms with Crippen LogP contribution in [0.3, 0.4) is 0 Å². The van der Waals surface area contributed by atoms with Gasteiger partial charge in [-0.2, -0.15) is 0 Å². The fraction of sp³-hybridized carbons (Fsp3) is 0.500. The second-order valence-electron chi connectivity index (χ2n) is 5.73. The van der Waals surface area contributed by atoms with Crippen molar-refractivity contribution in [2.45, 2.75) is 31.3 Å². The van der Waals surface area contributed by atoms with Crippen LogP contribution >= 0.6 is 0 Å². The number of rotatable bonds is 4. The molecule has 2 aliphatic rings. The molecule has 1 saturated heterocycles. The van der Waals surface area contributed by atoms with Crippen molar-refractivity contribution in [1.29, 1.82) is 0 Å². The topological polar surface area (TPSA) is 105 Å². The van der Waals surface area contributed by atoms with Crippen LogP contribution in [-0.4, -0.2) is 48.8 Å². The van der Waals surface area contributed by atoms with Crippen molar-refractivity contribution in [2.24, 2.45) is 0 Å². The maximum absolute atomic E-state index is 12.1. The Bertz CT molecular complexity index is 713. The summed E-state index contributed by atoms with van der Waals surface area (Å²) in [4.78, 5) is 28.1. The zero-order valence-electron chi connectivity index (χ0n) is 11.9. The lowest BCUT2D eigenvalue weighted by Crippen LogP contribution is -2.36.